The van der Waals surface area contributed by atoms with Gasteiger partial charge in [-0.15, -0.1) is 0 Å². The number of benzene rings is 2. The maximum Gasteiger partial charge on any atom is 0.336 e. The van der Waals surface area contributed by atoms with Gasteiger partial charge in [0, 0.05) is 17.0 Å². The zero-order valence-corrected chi connectivity index (χ0v) is 13.4. The van der Waals surface area contributed by atoms with Crippen molar-refractivity contribution in [1.82, 2.24) is 0 Å². The lowest BCUT2D eigenvalue weighted by molar-refractivity contribution is 0.0685. The molecular formula is C17H10F6O4. The molecule has 0 bridgehead atoms. The molecule has 0 saturated heterocycles. The summed E-state index contributed by atoms with van der Waals surface area (Å²) in [6, 6.07) is 0.272. The highest BCUT2D eigenvalue weighted by Gasteiger charge is 2.34. The Morgan fingerprint density at radius 3 is 1.37 bits per heavy atom. The first kappa shape index (κ1) is 20.3. The molecule has 0 aliphatic rings. The van der Waals surface area contributed by atoms with Gasteiger partial charge in [-0.05, 0) is 18.6 Å². The van der Waals surface area contributed by atoms with Crippen LogP contribution in [0, 0.1) is 34.9 Å². The predicted molar refractivity (Wildman–Crippen MR) is 78.7 cm³/mol. The topological polar surface area (TPSA) is 74.6 Å². The zero-order chi connectivity index (χ0) is 20.6. The zero-order valence-electron chi connectivity index (χ0n) is 13.4. The van der Waals surface area contributed by atoms with Gasteiger partial charge in [0.25, 0.3) is 0 Å². The van der Waals surface area contributed by atoms with Crippen molar-refractivity contribution in [1.29, 1.82) is 0 Å². The molecule has 0 fully saturated rings. The third kappa shape index (κ3) is 3.34. The van der Waals surface area contributed by atoms with E-state index in [1.165, 1.54) is 6.92 Å². The Balaban J connectivity index is 2.96. The molecule has 0 aliphatic carbocycles. The molecule has 2 aromatic carbocycles. The summed E-state index contributed by atoms with van der Waals surface area (Å²) in [6.45, 7) is 1.21. The molecule has 2 N–H and O–H groups in total. The van der Waals surface area contributed by atoms with Crippen molar-refractivity contribution in [3.63, 3.8) is 0 Å². The number of hydrogen-bond acceptors (Lipinski definition) is 2. The average molecular weight is 392 g/mol. The number of aromatic carboxylic acids is 2. The van der Waals surface area contributed by atoms with Crippen LogP contribution in [0.3, 0.4) is 0 Å². The van der Waals surface area contributed by atoms with Crippen molar-refractivity contribution in [2.75, 3.05) is 0 Å². The van der Waals surface area contributed by atoms with Gasteiger partial charge in [0.2, 0.25) is 0 Å². The maximum atomic E-state index is 14.3. The highest BCUT2D eigenvalue weighted by atomic mass is 19.2. The number of halogens is 6. The minimum Gasteiger partial charge on any atom is -0.478 e. The van der Waals surface area contributed by atoms with Gasteiger partial charge in [0.05, 0.1) is 11.1 Å². The van der Waals surface area contributed by atoms with Gasteiger partial charge in [-0.25, -0.2) is 35.9 Å². The number of carboxylic acid groups (broad SMARTS) is 2. The van der Waals surface area contributed by atoms with Gasteiger partial charge < -0.3 is 10.2 Å². The fourth-order valence-electron chi connectivity index (χ4n) is 2.81. The van der Waals surface area contributed by atoms with Gasteiger partial charge in [0.1, 0.15) is 0 Å². The molecule has 144 valence electrons. The summed E-state index contributed by atoms with van der Waals surface area (Å²) in [5, 5.41) is 18.3. The summed E-state index contributed by atoms with van der Waals surface area (Å²) in [5.41, 5.74) is -4.40. The number of rotatable bonds is 5. The van der Waals surface area contributed by atoms with Gasteiger partial charge in [0.15, 0.2) is 34.9 Å². The Morgan fingerprint density at radius 1 is 0.778 bits per heavy atom. The van der Waals surface area contributed by atoms with Crippen molar-refractivity contribution in [3.05, 3.63) is 69.3 Å². The van der Waals surface area contributed by atoms with E-state index in [4.69, 9.17) is 10.2 Å². The Morgan fingerprint density at radius 2 is 1.11 bits per heavy atom. The Labute approximate surface area is 147 Å². The highest BCUT2D eigenvalue weighted by molar-refractivity contribution is 5.92. The molecular weight excluding hydrogens is 382 g/mol. The van der Waals surface area contributed by atoms with Crippen LogP contribution in [0.5, 0.6) is 0 Å². The lowest BCUT2D eigenvalue weighted by Crippen LogP contribution is -2.19. The second kappa shape index (κ2) is 7.29. The van der Waals surface area contributed by atoms with Gasteiger partial charge in [-0.3, -0.25) is 0 Å². The molecule has 0 radical (unpaired) electrons. The summed E-state index contributed by atoms with van der Waals surface area (Å²) < 4.78 is 82.8. The van der Waals surface area contributed by atoms with Crippen LogP contribution in [0.2, 0.25) is 0 Å². The van der Waals surface area contributed by atoms with Gasteiger partial charge in [-0.2, -0.15) is 0 Å². The fourth-order valence-corrected chi connectivity index (χ4v) is 2.81. The minimum atomic E-state index is -2.08. The van der Waals surface area contributed by atoms with Crippen LogP contribution >= 0.6 is 0 Å². The van der Waals surface area contributed by atoms with E-state index in [0.717, 1.165) is 0 Å². The van der Waals surface area contributed by atoms with Crippen molar-refractivity contribution in [3.8, 4) is 0 Å². The van der Waals surface area contributed by atoms with Crippen molar-refractivity contribution >= 4 is 11.9 Å². The van der Waals surface area contributed by atoms with Crippen LogP contribution in [0.1, 0.15) is 51.1 Å². The number of carbonyl (C=O) groups is 2. The standard InChI is InChI=1S/C17H10F6O4/c1-2-5(10-6(16(24)25)3-8(18)12(20)14(10)22)11-7(17(26)27)4-9(19)13(21)15(11)23/h3-5H,2H2,1H3,(H,24,25)(H,26,27). The van der Waals surface area contributed by atoms with Crippen molar-refractivity contribution in [2.45, 2.75) is 19.3 Å². The molecule has 2 aromatic rings. The number of hydrogen-bond donors (Lipinski definition) is 2. The summed E-state index contributed by atoms with van der Waals surface area (Å²) in [6.07, 6.45) is -0.440. The fraction of sp³-hybridized carbons (Fsp3) is 0.176. The summed E-state index contributed by atoms with van der Waals surface area (Å²) in [5.74, 6) is -17.5. The van der Waals surface area contributed by atoms with Crippen LogP contribution in [0.15, 0.2) is 12.1 Å². The smallest absolute Gasteiger partial charge is 0.336 e. The number of carboxylic acids is 2. The second-order valence-corrected chi connectivity index (χ2v) is 5.47. The first-order valence-corrected chi connectivity index (χ1v) is 7.34. The largest absolute Gasteiger partial charge is 0.478 e. The second-order valence-electron chi connectivity index (χ2n) is 5.47. The van der Waals surface area contributed by atoms with Crippen LogP contribution in [0.4, 0.5) is 26.3 Å². The molecule has 0 spiro atoms. The molecule has 0 atom stereocenters. The van der Waals surface area contributed by atoms with Crippen LogP contribution < -0.4 is 0 Å². The van der Waals surface area contributed by atoms with E-state index in [1.54, 1.807) is 0 Å². The molecule has 0 saturated carbocycles. The molecule has 10 heteroatoms. The molecule has 2 rings (SSSR count). The first-order chi connectivity index (χ1) is 12.5. The molecule has 0 amide bonds. The third-order valence-electron chi connectivity index (χ3n) is 3.97. The third-order valence-corrected chi connectivity index (χ3v) is 3.97. The van der Waals surface area contributed by atoms with E-state index in [-0.39, 0.29) is 12.1 Å². The van der Waals surface area contributed by atoms with Crippen LogP contribution in [0.25, 0.3) is 0 Å². The van der Waals surface area contributed by atoms with E-state index in [1.807, 2.05) is 0 Å². The average Bonchev–Trinajstić information content (AvgIpc) is 2.60. The first-order valence-electron chi connectivity index (χ1n) is 7.34. The van der Waals surface area contributed by atoms with E-state index >= 15 is 0 Å². The highest BCUT2D eigenvalue weighted by Crippen LogP contribution is 2.38. The predicted octanol–water partition coefficient (Wildman–Crippen LogP) is 4.46. The Kier molecular flexibility index (Phi) is 5.48. The SMILES string of the molecule is CCC(c1c(C(=O)O)cc(F)c(F)c1F)c1c(C(=O)O)cc(F)c(F)c1F. The van der Waals surface area contributed by atoms with E-state index in [2.05, 4.69) is 0 Å². The summed E-state index contributed by atoms with van der Waals surface area (Å²) in [7, 11) is 0. The molecule has 0 unspecified atom stereocenters. The monoisotopic (exact) mass is 392 g/mol. The Hall–Kier alpha value is -3.04. The lowest BCUT2D eigenvalue weighted by Gasteiger charge is -2.22. The summed E-state index contributed by atoms with van der Waals surface area (Å²) in [4.78, 5) is 22.6. The lowest BCUT2D eigenvalue weighted by atomic mass is 9.82. The Bertz CT molecular complexity index is 882. The molecule has 0 aromatic heterocycles. The van der Waals surface area contributed by atoms with Gasteiger partial charge >= 0.3 is 11.9 Å². The van der Waals surface area contributed by atoms with Crippen molar-refractivity contribution < 1.29 is 46.1 Å². The van der Waals surface area contributed by atoms with E-state index < -0.39 is 81.4 Å². The molecule has 4 nitrogen and oxygen atoms in total. The van der Waals surface area contributed by atoms with Crippen molar-refractivity contribution in [2.24, 2.45) is 0 Å². The normalized spacial score (nSPS) is 11.1. The molecule has 0 heterocycles. The maximum absolute atomic E-state index is 14.3. The minimum absolute atomic E-state index is 0.136. The van der Waals surface area contributed by atoms with E-state index in [9.17, 15) is 35.9 Å². The van der Waals surface area contributed by atoms with Gasteiger partial charge in [-0.1, -0.05) is 6.92 Å². The molecule has 27 heavy (non-hydrogen) atoms. The van der Waals surface area contributed by atoms with E-state index in [0.29, 0.717) is 0 Å². The van der Waals surface area contributed by atoms with Crippen LogP contribution in [-0.4, -0.2) is 22.2 Å². The quantitative estimate of drug-likeness (QED) is 0.582. The summed E-state index contributed by atoms with van der Waals surface area (Å²) >= 11 is 0. The molecule has 0 aliphatic heterocycles. The van der Waals surface area contributed by atoms with Crippen LogP contribution in [-0.2, 0) is 0 Å².